The predicted molar refractivity (Wildman–Crippen MR) is 77.4 cm³/mol. The number of aromatic nitrogens is 2. The van der Waals surface area contributed by atoms with Crippen LogP contribution in [-0.4, -0.2) is 29.0 Å². The van der Waals surface area contributed by atoms with Crippen molar-refractivity contribution >= 4 is 22.9 Å². The molecule has 1 atom stereocenters. The van der Waals surface area contributed by atoms with Crippen LogP contribution in [0.5, 0.6) is 0 Å². The van der Waals surface area contributed by atoms with Gasteiger partial charge in [-0.25, -0.2) is 4.98 Å². The number of imidazole rings is 1. The molecule has 1 aliphatic carbocycles. The molecule has 5 nitrogen and oxygen atoms in total. The molecule has 1 saturated carbocycles. The number of anilines is 1. The molecule has 2 aliphatic rings. The van der Waals surface area contributed by atoms with Crippen molar-refractivity contribution in [2.45, 2.75) is 19.3 Å². The lowest BCUT2D eigenvalue weighted by atomic mass is 9.92. The van der Waals surface area contributed by atoms with E-state index in [-0.39, 0.29) is 17.2 Å². The Balaban J connectivity index is 1.48. The molecule has 104 valence electrons. The van der Waals surface area contributed by atoms with Gasteiger partial charge in [-0.05, 0) is 49.9 Å². The summed E-state index contributed by atoms with van der Waals surface area (Å²) in [5.41, 5.74) is 2.10. The summed E-state index contributed by atoms with van der Waals surface area (Å²) in [6.45, 7) is 2.07. The maximum absolute atomic E-state index is 12.3. The molecule has 2 heterocycles. The first-order valence-corrected chi connectivity index (χ1v) is 7.23. The van der Waals surface area contributed by atoms with Crippen LogP contribution in [0.25, 0.3) is 11.0 Å². The Bertz CT molecular complexity index is 624. The van der Waals surface area contributed by atoms with Crippen LogP contribution in [0.3, 0.4) is 0 Å². The topological polar surface area (TPSA) is 69.8 Å². The van der Waals surface area contributed by atoms with E-state index in [0.29, 0.717) is 5.95 Å². The Morgan fingerprint density at radius 1 is 1.30 bits per heavy atom. The van der Waals surface area contributed by atoms with E-state index in [1.54, 1.807) is 0 Å². The molecule has 0 radical (unpaired) electrons. The van der Waals surface area contributed by atoms with Gasteiger partial charge in [-0.15, -0.1) is 0 Å². The van der Waals surface area contributed by atoms with E-state index in [0.717, 1.165) is 43.4 Å². The number of benzene rings is 1. The molecular weight excluding hydrogens is 252 g/mol. The van der Waals surface area contributed by atoms with E-state index in [1.807, 2.05) is 24.3 Å². The molecule has 1 spiro atoms. The summed E-state index contributed by atoms with van der Waals surface area (Å²) in [4.78, 5) is 19.9. The van der Waals surface area contributed by atoms with Crippen LogP contribution in [0.4, 0.5) is 5.95 Å². The number of aromatic amines is 1. The Labute approximate surface area is 117 Å². The first kappa shape index (κ1) is 11.9. The number of H-pyrrole nitrogens is 1. The maximum Gasteiger partial charge on any atom is 0.230 e. The zero-order valence-electron chi connectivity index (χ0n) is 11.3. The molecule has 5 heteroatoms. The number of hydrogen-bond acceptors (Lipinski definition) is 3. The number of carbonyl (C=O) groups is 1. The van der Waals surface area contributed by atoms with Crippen molar-refractivity contribution in [3.05, 3.63) is 24.3 Å². The molecule has 1 aromatic carbocycles. The van der Waals surface area contributed by atoms with Gasteiger partial charge in [0.25, 0.3) is 0 Å². The van der Waals surface area contributed by atoms with Crippen LogP contribution < -0.4 is 10.6 Å². The van der Waals surface area contributed by atoms with Crippen molar-refractivity contribution in [2.75, 3.05) is 18.4 Å². The van der Waals surface area contributed by atoms with Crippen LogP contribution >= 0.6 is 0 Å². The second kappa shape index (κ2) is 4.31. The number of fused-ring (bicyclic) bond motifs is 1. The third kappa shape index (κ3) is 1.89. The smallest absolute Gasteiger partial charge is 0.230 e. The minimum absolute atomic E-state index is 0.117. The van der Waals surface area contributed by atoms with Gasteiger partial charge in [-0.1, -0.05) is 12.1 Å². The summed E-state index contributed by atoms with van der Waals surface area (Å²) in [5.74, 6) is 0.843. The number of nitrogens with zero attached hydrogens (tertiary/aromatic N) is 1. The summed E-state index contributed by atoms with van der Waals surface area (Å²) in [5, 5.41) is 6.30. The van der Waals surface area contributed by atoms with Gasteiger partial charge in [0.2, 0.25) is 11.9 Å². The van der Waals surface area contributed by atoms with Gasteiger partial charge in [0.1, 0.15) is 0 Å². The minimum atomic E-state index is 0.117. The summed E-state index contributed by atoms with van der Waals surface area (Å²) >= 11 is 0. The largest absolute Gasteiger partial charge is 0.324 e. The van der Waals surface area contributed by atoms with Crippen molar-refractivity contribution in [3.8, 4) is 0 Å². The van der Waals surface area contributed by atoms with Crippen molar-refractivity contribution in [1.82, 2.24) is 15.3 Å². The molecule has 2 fully saturated rings. The van der Waals surface area contributed by atoms with Crippen molar-refractivity contribution in [2.24, 2.45) is 11.3 Å². The predicted octanol–water partition coefficient (Wildman–Crippen LogP) is 1.89. The van der Waals surface area contributed by atoms with Gasteiger partial charge in [-0.2, -0.15) is 0 Å². The second-order valence-electron chi connectivity index (χ2n) is 5.96. The van der Waals surface area contributed by atoms with Gasteiger partial charge in [0, 0.05) is 5.92 Å². The van der Waals surface area contributed by atoms with E-state index >= 15 is 0 Å². The second-order valence-corrected chi connectivity index (χ2v) is 5.96. The first-order valence-electron chi connectivity index (χ1n) is 7.23. The number of rotatable bonds is 2. The van der Waals surface area contributed by atoms with Crippen LogP contribution in [0, 0.1) is 11.3 Å². The Hall–Kier alpha value is -1.88. The van der Waals surface area contributed by atoms with E-state index < -0.39 is 0 Å². The lowest BCUT2D eigenvalue weighted by Gasteiger charge is -2.22. The SMILES string of the molecule is O=C(Nc1nc2ccccc2[nH]1)C1CC12CCNCC2. The number of nitrogens with one attached hydrogen (secondary N) is 3. The number of amides is 1. The quantitative estimate of drug-likeness (QED) is 0.780. The summed E-state index contributed by atoms with van der Waals surface area (Å²) in [6.07, 6.45) is 3.26. The van der Waals surface area contributed by atoms with Gasteiger partial charge in [-0.3, -0.25) is 10.1 Å². The number of para-hydroxylation sites is 2. The molecule has 0 bridgehead atoms. The molecule has 20 heavy (non-hydrogen) atoms. The average molecular weight is 270 g/mol. The van der Waals surface area contributed by atoms with Gasteiger partial charge < -0.3 is 10.3 Å². The van der Waals surface area contributed by atoms with Crippen molar-refractivity contribution in [1.29, 1.82) is 0 Å². The highest BCUT2D eigenvalue weighted by Gasteiger charge is 2.57. The van der Waals surface area contributed by atoms with E-state index in [4.69, 9.17) is 0 Å². The molecule has 1 amide bonds. The summed E-state index contributed by atoms with van der Waals surface area (Å²) in [7, 11) is 0. The third-order valence-corrected chi connectivity index (χ3v) is 4.74. The number of piperidine rings is 1. The first-order chi connectivity index (χ1) is 9.77. The highest BCUT2D eigenvalue weighted by molar-refractivity contribution is 5.95. The fraction of sp³-hybridized carbons (Fsp3) is 0.467. The molecule has 3 N–H and O–H groups in total. The molecule has 1 saturated heterocycles. The van der Waals surface area contributed by atoms with Crippen LogP contribution in [0.15, 0.2) is 24.3 Å². The number of hydrogen-bond donors (Lipinski definition) is 3. The van der Waals surface area contributed by atoms with Crippen LogP contribution in [0.2, 0.25) is 0 Å². The van der Waals surface area contributed by atoms with Gasteiger partial charge >= 0.3 is 0 Å². The van der Waals surface area contributed by atoms with E-state index in [2.05, 4.69) is 20.6 Å². The standard InChI is InChI=1S/C15H18N4O/c20-13(10-9-15(10)5-7-16-8-6-15)19-14-17-11-3-1-2-4-12(11)18-14/h1-4,10,16H,5-9H2,(H2,17,18,19,20). The molecule has 1 aromatic heterocycles. The maximum atomic E-state index is 12.3. The Morgan fingerprint density at radius 2 is 2.10 bits per heavy atom. The fourth-order valence-corrected chi connectivity index (χ4v) is 3.41. The fourth-order valence-electron chi connectivity index (χ4n) is 3.41. The Morgan fingerprint density at radius 3 is 2.90 bits per heavy atom. The van der Waals surface area contributed by atoms with Gasteiger partial charge in [0.15, 0.2) is 0 Å². The summed E-state index contributed by atoms with van der Waals surface area (Å²) in [6, 6.07) is 7.80. The van der Waals surface area contributed by atoms with Crippen molar-refractivity contribution in [3.63, 3.8) is 0 Å². The third-order valence-electron chi connectivity index (χ3n) is 4.74. The molecule has 1 aliphatic heterocycles. The minimum Gasteiger partial charge on any atom is -0.324 e. The molecule has 4 rings (SSSR count). The molecule has 1 unspecified atom stereocenters. The summed E-state index contributed by atoms with van der Waals surface area (Å²) < 4.78 is 0. The highest BCUT2D eigenvalue weighted by Crippen LogP contribution is 2.58. The van der Waals surface area contributed by atoms with E-state index in [1.165, 1.54) is 0 Å². The average Bonchev–Trinajstić information content (AvgIpc) is 2.99. The number of carbonyl (C=O) groups excluding carboxylic acids is 1. The van der Waals surface area contributed by atoms with Crippen LogP contribution in [0.1, 0.15) is 19.3 Å². The monoisotopic (exact) mass is 270 g/mol. The highest BCUT2D eigenvalue weighted by atomic mass is 16.2. The lowest BCUT2D eigenvalue weighted by molar-refractivity contribution is -0.118. The molecule has 2 aromatic rings. The lowest BCUT2D eigenvalue weighted by Crippen LogP contribution is -2.31. The zero-order valence-corrected chi connectivity index (χ0v) is 11.3. The zero-order chi connectivity index (χ0) is 13.6. The van der Waals surface area contributed by atoms with Crippen molar-refractivity contribution < 1.29 is 4.79 Å². The van der Waals surface area contributed by atoms with Gasteiger partial charge in [0.05, 0.1) is 11.0 Å². The molecular formula is C15H18N4O. The van der Waals surface area contributed by atoms with Crippen LogP contribution in [-0.2, 0) is 4.79 Å². The van der Waals surface area contributed by atoms with E-state index in [9.17, 15) is 4.79 Å². The normalized spacial score (nSPS) is 23.9. The Kier molecular flexibility index (Phi) is 2.57.